The van der Waals surface area contributed by atoms with Crippen molar-refractivity contribution in [3.63, 3.8) is 0 Å². The van der Waals surface area contributed by atoms with Crippen LogP contribution in [0.3, 0.4) is 0 Å². The van der Waals surface area contributed by atoms with E-state index in [4.69, 9.17) is 4.74 Å². The largest absolute Gasteiger partial charge is 0.492 e. The minimum Gasteiger partial charge on any atom is -0.492 e. The number of hydrogen-bond donors (Lipinski definition) is 3. The molecule has 3 N–H and O–H groups in total. The predicted molar refractivity (Wildman–Crippen MR) is 112 cm³/mol. The number of sulfonamides is 1. The van der Waals surface area contributed by atoms with Crippen LogP contribution in [-0.4, -0.2) is 67.7 Å². The first-order chi connectivity index (χ1) is 14.2. The van der Waals surface area contributed by atoms with Crippen LogP contribution >= 0.6 is 0 Å². The fourth-order valence-corrected chi connectivity index (χ4v) is 6.42. The maximum absolute atomic E-state index is 13.5. The highest BCUT2D eigenvalue weighted by Crippen LogP contribution is 2.36. The second-order valence-corrected chi connectivity index (χ2v) is 10.8. The molecule has 3 aliphatic rings. The van der Waals surface area contributed by atoms with Gasteiger partial charge in [0.2, 0.25) is 15.9 Å². The van der Waals surface area contributed by atoms with Crippen molar-refractivity contribution in [1.82, 2.24) is 14.9 Å². The fraction of sp³-hybridized carbons (Fsp3) is 0.667. The van der Waals surface area contributed by atoms with Crippen LogP contribution in [-0.2, 0) is 14.8 Å². The summed E-state index contributed by atoms with van der Waals surface area (Å²) in [6.45, 7) is 5.87. The van der Waals surface area contributed by atoms with Crippen molar-refractivity contribution in [3.8, 4) is 5.75 Å². The Bertz CT molecular complexity index is 911. The number of carbonyl (C=O) groups is 1. The number of fused-ring (bicyclic) bond motifs is 2. The molecule has 2 saturated heterocycles. The molecule has 0 saturated carbocycles. The van der Waals surface area contributed by atoms with E-state index >= 15 is 0 Å². The number of carbonyl (C=O) groups excluding carboxylic acids is 1. The molecule has 30 heavy (non-hydrogen) atoms. The third-order valence-corrected chi connectivity index (χ3v) is 8.46. The molecule has 0 aliphatic carbocycles. The van der Waals surface area contributed by atoms with E-state index in [1.54, 1.807) is 18.2 Å². The highest BCUT2D eigenvalue weighted by Gasteiger charge is 2.47. The third-order valence-electron chi connectivity index (χ3n) is 6.54. The van der Waals surface area contributed by atoms with Crippen molar-refractivity contribution < 1.29 is 23.1 Å². The Balaban J connectivity index is 1.79. The molecule has 0 bridgehead atoms. The number of amides is 1. The highest BCUT2D eigenvalue weighted by molar-refractivity contribution is 7.89. The predicted octanol–water partition coefficient (Wildman–Crippen LogP) is 0.955. The maximum Gasteiger partial charge on any atom is 0.247 e. The number of rotatable bonds is 1. The Morgan fingerprint density at radius 3 is 2.67 bits per heavy atom. The van der Waals surface area contributed by atoms with Crippen molar-refractivity contribution in [1.29, 1.82) is 0 Å². The van der Waals surface area contributed by atoms with Gasteiger partial charge >= 0.3 is 0 Å². The summed E-state index contributed by atoms with van der Waals surface area (Å²) in [5.41, 5.74) is 0.550. The third kappa shape index (κ3) is 3.95. The summed E-state index contributed by atoms with van der Waals surface area (Å²) in [5, 5.41) is 16.7. The molecule has 1 aromatic rings. The molecule has 166 valence electrons. The lowest BCUT2D eigenvalue weighted by Gasteiger charge is -2.39. The van der Waals surface area contributed by atoms with E-state index in [2.05, 4.69) is 10.6 Å². The standard InChI is InChI=1S/C21H31N3O5S/c1-14(2)15-3-4-19-18(11-15)29-10-7-21(5-8-22-9-6-21)23-20(26)17-12-16(25)13-24(17)30(19,27)28/h3-4,11,14,16-17,22,25H,5-10,12-13H2,1-2H3,(H,23,26)/t16-,17+/m1/s1. The first kappa shape index (κ1) is 21.5. The van der Waals surface area contributed by atoms with E-state index in [9.17, 15) is 18.3 Å². The molecule has 8 nitrogen and oxygen atoms in total. The molecule has 1 aromatic carbocycles. The SMILES string of the molecule is CC(C)c1ccc2c(c1)OCCC1(CCNCC1)NC(=O)[C@@H]1C[C@@H](O)CN1S2(=O)=O. The summed E-state index contributed by atoms with van der Waals surface area (Å²) in [4.78, 5) is 13.3. The van der Waals surface area contributed by atoms with Gasteiger partial charge in [-0.3, -0.25) is 4.79 Å². The summed E-state index contributed by atoms with van der Waals surface area (Å²) < 4.78 is 34.2. The zero-order valence-corrected chi connectivity index (χ0v) is 18.4. The molecule has 4 rings (SSSR count). The van der Waals surface area contributed by atoms with E-state index in [1.165, 1.54) is 0 Å². The number of aliphatic hydroxyl groups is 1. The smallest absolute Gasteiger partial charge is 0.247 e. The second-order valence-electron chi connectivity index (χ2n) is 8.96. The monoisotopic (exact) mass is 437 g/mol. The van der Waals surface area contributed by atoms with Crippen molar-refractivity contribution in [3.05, 3.63) is 23.8 Å². The molecule has 3 aliphatic heterocycles. The molecule has 0 aromatic heterocycles. The van der Waals surface area contributed by atoms with Gasteiger partial charge in [0.05, 0.1) is 12.7 Å². The van der Waals surface area contributed by atoms with Crippen LogP contribution in [0, 0.1) is 0 Å². The quantitative estimate of drug-likeness (QED) is 0.604. The van der Waals surface area contributed by atoms with E-state index in [0.717, 1.165) is 35.8 Å². The highest BCUT2D eigenvalue weighted by atomic mass is 32.2. The van der Waals surface area contributed by atoms with E-state index in [1.807, 2.05) is 13.8 Å². The van der Waals surface area contributed by atoms with Crippen molar-refractivity contribution >= 4 is 15.9 Å². The number of ether oxygens (including phenoxy) is 1. The van der Waals surface area contributed by atoms with Crippen molar-refractivity contribution in [2.24, 2.45) is 0 Å². The Labute approximate surface area is 178 Å². The van der Waals surface area contributed by atoms with E-state index < -0.39 is 27.7 Å². The van der Waals surface area contributed by atoms with Gasteiger partial charge in [-0.05, 0) is 49.5 Å². The summed E-state index contributed by atoms with van der Waals surface area (Å²) in [6, 6.07) is 4.23. The molecule has 2 fully saturated rings. The van der Waals surface area contributed by atoms with E-state index in [-0.39, 0.29) is 29.7 Å². The second kappa shape index (κ2) is 8.11. The Morgan fingerprint density at radius 2 is 1.97 bits per heavy atom. The van der Waals surface area contributed by atoms with Crippen LogP contribution in [0.4, 0.5) is 0 Å². The average molecular weight is 438 g/mol. The lowest BCUT2D eigenvalue weighted by atomic mass is 9.85. The van der Waals surface area contributed by atoms with Crippen LogP contribution in [0.1, 0.15) is 51.0 Å². The minimum absolute atomic E-state index is 0.0556. The normalized spacial score (nSPS) is 28.9. The number of hydrogen-bond acceptors (Lipinski definition) is 6. The van der Waals surface area contributed by atoms with Gasteiger partial charge in [0.25, 0.3) is 0 Å². The van der Waals surface area contributed by atoms with Crippen LogP contribution in [0.5, 0.6) is 5.75 Å². The first-order valence-corrected chi connectivity index (χ1v) is 12.2. The molecule has 3 heterocycles. The van der Waals surface area contributed by atoms with Gasteiger partial charge in [-0.25, -0.2) is 8.42 Å². The topological polar surface area (TPSA) is 108 Å². The first-order valence-electron chi connectivity index (χ1n) is 10.7. The fourth-order valence-electron chi connectivity index (χ4n) is 4.67. The van der Waals surface area contributed by atoms with Gasteiger partial charge < -0.3 is 20.5 Å². The molecule has 0 radical (unpaired) electrons. The van der Waals surface area contributed by atoms with Gasteiger partial charge in [-0.15, -0.1) is 0 Å². The zero-order valence-electron chi connectivity index (χ0n) is 17.6. The number of aliphatic hydroxyl groups excluding tert-OH is 1. The van der Waals surface area contributed by atoms with Gasteiger partial charge in [-0.2, -0.15) is 4.31 Å². The van der Waals surface area contributed by atoms with Crippen LogP contribution in [0.25, 0.3) is 0 Å². The number of benzene rings is 1. The molecule has 9 heteroatoms. The summed E-state index contributed by atoms with van der Waals surface area (Å²) in [6.07, 6.45) is 1.33. The number of nitrogens with one attached hydrogen (secondary N) is 2. The van der Waals surface area contributed by atoms with E-state index in [0.29, 0.717) is 18.8 Å². The van der Waals surface area contributed by atoms with Crippen LogP contribution in [0.15, 0.2) is 23.1 Å². The Morgan fingerprint density at radius 1 is 1.23 bits per heavy atom. The van der Waals surface area contributed by atoms with Gasteiger partial charge in [0.15, 0.2) is 0 Å². The number of nitrogens with zero attached hydrogens (tertiary/aromatic N) is 1. The van der Waals surface area contributed by atoms with Gasteiger partial charge in [0.1, 0.15) is 16.7 Å². The van der Waals surface area contributed by atoms with Crippen molar-refractivity contribution in [2.45, 2.75) is 68.0 Å². The molecular weight excluding hydrogens is 406 g/mol. The Kier molecular flexibility index (Phi) is 5.82. The molecule has 0 unspecified atom stereocenters. The molecule has 2 atom stereocenters. The summed E-state index contributed by atoms with van der Waals surface area (Å²) in [5.74, 6) is 0.208. The van der Waals surface area contributed by atoms with Gasteiger partial charge in [-0.1, -0.05) is 19.9 Å². The molecule has 1 amide bonds. The summed E-state index contributed by atoms with van der Waals surface area (Å²) in [7, 11) is -4.01. The average Bonchev–Trinajstić information content (AvgIpc) is 3.10. The lowest BCUT2D eigenvalue weighted by molar-refractivity contribution is -0.126. The number of piperidine rings is 1. The van der Waals surface area contributed by atoms with Crippen molar-refractivity contribution in [2.75, 3.05) is 26.2 Å². The van der Waals surface area contributed by atoms with Gasteiger partial charge in [0, 0.05) is 24.9 Å². The zero-order chi connectivity index (χ0) is 21.5. The summed E-state index contributed by atoms with van der Waals surface area (Å²) >= 11 is 0. The molecular formula is C21H31N3O5S. The molecule has 1 spiro atoms. The maximum atomic E-state index is 13.5. The Hall–Kier alpha value is -1.68. The van der Waals surface area contributed by atoms with Crippen LogP contribution in [0.2, 0.25) is 0 Å². The van der Waals surface area contributed by atoms with Crippen LogP contribution < -0.4 is 15.4 Å². The minimum atomic E-state index is -4.01. The lowest BCUT2D eigenvalue weighted by Crippen LogP contribution is -2.58.